The number of anilines is 4. The van der Waals surface area contributed by atoms with E-state index in [1.54, 1.807) is 0 Å². The Morgan fingerprint density at radius 3 is 1.69 bits per heavy atom. The van der Waals surface area contributed by atoms with E-state index in [0.717, 1.165) is 67.9 Å². The van der Waals surface area contributed by atoms with Crippen LogP contribution in [-0.4, -0.2) is 0 Å². The topological polar surface area (TPSA) is 58.2 Å². The second-order valence-corrected chi connectivity index (χ2v) is 12.3. The van der Waals surface area contributed by atoms with Crippen molar-refractivity contribution in [3.05, 3.63) is 107 Å². The lowest BCUT2D eigenvalue weighted by Gasteiger charge is -2.14. The second kappa shape index (κ2) is 8.38. The molecule has 3 aliphatic rings. The molecule has 2 N–H and O–H groups in total. The minimum atomic E-state index is -1.91. The van der Waals surface area contributed by atoms with Crippen LogP contribution >= 0.6 is 15.6 Å². The molecule has 4 aromatic rings. The largest absolute Gasteiger partial charge is 0.419 e. The van der Waals surface area contributed by atoms with Crippen LogP contribution in [0.3, 0.4) is 0 Å². The predicted molar refractivity (Wildman–Crippen MR) is 152 cm³/mol. The first-order valence-corrected chi connectivity index (χ1v) is 14.5. The highest BCUT2D eigenvalue weighted by Crippen LogP contribution is 2.38. The normalized spacial score (nSPS) is 16.8. The lowest BCUT2D eigenvalue weighted by Crippen LogP contribution is -2.21. The zero-order valence-electron chi connectivity index (χ0n) is 19.4. The predicted octanol–water partition coefficient (Wildman–Crippen LogP) is 6.18. The molecule has 0 amide bonds. The van der Waals surface area contributed by atoms with Crippen LogP contribution < -0.4 is 31.9 Å². The summed E-state index contributed by atoms with van der Waals surface area (Å²) in [6, 6.07) is 23.7. The van der Waals surface area contributed by atoms with Crippen LogP contribution in [0.25, 0.3) is 12.2 Å². The number of para-hydroxylation sites is 2. The maximum Gasteiger partial charge on any atom is 0.419 e. The van der Waals surface area contributed by atoms with Crippen LogP contribution in [0, 0.1) is 0 Å². The lowest BCUT2D eigenvalue weighted by molar-refractivity contribution is 0.597. The van der Waals surface area contributed by atoms with Crippen molar-refractivity contribution in [1.82, 2.24) is 0 Å². The van der Waals surface area contributed by atoms with Crippen molar-refractivity contribution in [3.8, 4) is 0 Å². The number of fused-ring (bicyclic) bond motifs is 6. The molecule has 2 atom stereocenters. The Hall–Kier alpha value is -3.84. The van der Waals surface area contributed by atoms with Crippen LogP contribution in [0.5, 0.6) is 0 Å². The van der Waals surface area contributed by atoms with Crippen molar-refractivity contribution in [1.29, 1.82) is 0 Å². The highest BCUT2D eigenvalue weighted by molar-refractivity contribution is 7.62. The summed E-state index contributed by atoms with van der Waals surface area (Å²) < 4.78 is 28.4. The van der Waals surface area contributed by atoms with E-state index in [2.05, 4.69) is 53.1 Å². The van der Waals surface area contributed by atoms with E-state index in [4.69, 9.17) is 0 Å². The summed E-state index contributed by atoms with van der Waals surface area (Å²) in [6.07, 6.45) is 10.2. The fourth-order valence-corrected chi connectivity index (χ4v) is 8.05. The lowest BCUT2D eigenvalue weighted by atomic mass is 10.1. The van der Waals surface area contributed by atoms with E-state index in [1.165, 1.54) is 11.1 Å². The SMILES string of the molecule is O=[P+]1c2ccccc2Nc2ccccc2[P+](=O)c2cc3c(cc2Nc2cc4c(cc21)C=CC4)C=CC3. The van der Waals surface area contributed by atoms with Crippen LogP contribution in [0.2, 0.25) is 0 Å². The van der Waals surface area contributed by atoms with Gasteiger partial charge < -0.3 is 10.6 Å². The maximum atomic E-state index is 14.2. The van der Waals surface area contributed by atoms with Gasteiger partial charge in [0.1, 0.15) is 0 Å². The fourth-order valence-electron chi connectivity index (χ4n) is 5.19. The number of benzene rings is 4. The summed E-state index contributed by atoms with van der Waals surface area (Å²) in [5.41, 5.74) is 7.71. The number of rotatable bonds is 0. The fraction of sp³-hybridized carbons (Fsp3) is 0.0667. The molecule has 2 aliphatic carbocycles. The van der Waals surface area contributed by atoms with Crippen LogP contribution in [0.15, 0.2) is 84.9 Å². The Morgan fingerprint density at radius 2 is 1.03 bits per heavy atom. The summed E-state index contributed by atoms with van der Waals surface area (Å²) in [6.45, 7) is 0. The van der Waals surface area contributed by atoms with Crippen molar-refractivity contribution in [3.63, 3.8) is 0 Å². The van der Waals surface area contributed by atoms with E-state index in [9.17, 15) is 9.13 Å². The molecular formula is C30H22N2O2P2+2. The third-order valence-corrected chi connectivity index (χ3v) is 10.3. The summed E-state index contributed by atoms with van der Waals surface area (Å²) in [5.74, 6) is 0. The van der Waals surface area contributed by atoms with Crippen molar-refractivity contribution >= 4 is 71.7 Å². The van der Waals surface area contributed by atoms with E-state index >= 15 is 0 Å². The zero-order chi connectivity index (χ0) is 24.2. The minimum absolute atomic E-state index is 0.722. The molecule has 0 aromatic heterocycles. The molecular weight excluding hydrogens is 482 g/mol. The summed E-state index contributed by atoms with van der Waals surface area (Å²) in [5, 5.41) is 10.0. The molecule has 6 heteroatoms. The third kappa shape index (κ3) is 3.45. The molecule has 0 radical (unpaired) electrons. The molecule has 4 aromatic carbocycles. The first-order chi connectivity index (χ1) is 17.7. The molecule has 1 aliphatic heterocycles. The van der Waals surface area contributed by atoms with Gasteiger partial charge in [-0.3, -0.25) is 0 Å². The van der Waals surface area contributed by atoms with Gasteiger partial charge in [-0.1, -0.05) is 57.7 Å². The van der Waals surface area contributed by atoms with Crippen LogP contribution in [-0.2, 0) is 22.0 Å². The third-order valence-electron chi connectivity index (χ3n) is 7.01. The van der Waals surface area contributed by atoms with Gasteiger partial charge in [0, 0.05) is 6.07 Å². The van der Waals surface area contributed by atoms with Crippen molar-refractivity contribution in [2.45, 2.75) is 12.8 Å². The van der Waals surface area contributed by atoms with Crippen LogP contribution in [0.4, 0.5) is 22.7 Å². The van der Waals surface area contributed by atoms with E-state index < -0.39 is 15.6 Å². The quantitative estimate of drug-likeness (QED) is 0.247. The smallest absolute Gasteiger partial charge is 0.348 e. The van der Waals surface area contributed by atoms with Crippen molar-refractivity contribution in [2.75, 3.05) is 10.6 Å². The molecule has 0 saturated heterocycles. The van der Waals surface area contributed by atoms with Gasteiger partial charge in [0.05, 0.1) is 22.7 Å². The van der Waals surface area contributed by atoms with Gasteiger partial charge in [0.2, 0.25) is 21.2 Å². The van der Waals surface area contributed by atoms with Gasteiger partial charge in [0.25, 0.3) is 0 Å². The number of hydrogen-bond donors (Lipinski definition) is 2. The summed E-state index contributed by atoms with van der Waals surface area (Å²) in [4.78, 5) is 0. The molecule has 2 unspecified atom stereocenters. The summed E-state index contributed by atoms with van der Waals surface area (Å²) in [7, 11) is -3.82. The zero-order valence-corrected chi connectivity index (χ0v) is 21.2. The van der Waals surface area contributed by atoms with E-state index in [0.29, 0.717) is 0 Å². The molecule has 4 nitrogen and oxygen atoms in total. The van der Waals surface area contributed by atoms with Crippen LogP contribution in [0.1, 0.15) is 22.3 Å². The molecule has 0 bridgehead atoms. The van der Waals surface area contributed by atoms with Crippen molar-refractivity contribution < 1.29 is 9.13 Å². The highest BCUT2D eigenvalue weighted by Gasteiger charge is 2.37. The molecule has 36 heavy (non-hydrogen) atoms. The Kier molecular flexibility index (Phi) is 4.99. The van der Waals surface area contributed by atoms with Gasteiger partial charge in [0.15, 0.2) is 0 Å². The maximum absolute atomic E-state index is 14.2. The van der Waals surface area contributed by atoms with Gasteiger partial charge in [-0.25, -0.2) is 0 Å². The molecule has 0 saturated carbocycles. The first kappa shape index (κ1) is 21.4. The Balaban J connectivity index is 1.52. The van der Waals surface area contributed by atoms with E-state index in [1.807, 2.05) is 54.6 Å². The highest BCUT2D eigenvalue weighted by atomic mass is 31.1. The Labute approximate surface area is 211 Å². The summed E-state index contributed by atoms with van der Waals surface area (Å²) >= 11 is 0. The van der Waals surface area contributed by atoms with Gasteiger partial charge in [-0.2, -0.15) is 0 Å². The van der Waals surface area contributed by atoms with Gasteiger partial charge in [-0.15, -0.1) is 0 Å². The first-order valence-electron chi connectivity index (χ1n) is 12.0. The standard InChI is InChI=1S/C30H22N2O2P2/c33-35-27-13-3-1-11-23(27)31-24-12-2-4-14-28(24)36(34)30-18-22-10-6-8-20(22)16-26(30)32-25-15-19-7-5-9-21(19)17-29(25)35/h1-7,10-18,31-32H,8-9H2/q+2. The number of allylic oxidation sites excluding steroid dienone is 2. The van der Waals surface area contributed by atoms with Gasteiger partial charge >= 0.3 is 15.6 Å². The molecule has 0 spiro atoms. The average Bonchev–Trinajstić information content (AvgIpc) is 3.56. The number of nitrogens with one attached hydrogen (secondary N) is 2. The van der Waals surface area contributed by atoms with Crippen molar-refractivity contribution in [2.24, 2.45) is 0 Å². The Bertz CT molecular complexity index is 1690. The minimum Gasteiger partial charge on any atom is -0.348 e. The van der Waals surface area contributed by atoms with Gasteiger partial charge in [-0.05, 0) is 77.6 Å². The molecule has 1 heterocycles. The molecule has 172 valence electrons. The molecule has 0 fully saturated rings. The molecule has 7 rings (SSSR count). The average molecular weight is 504 g/mol. The number of hydrogen-bond acceptors (Lipinski definition) is 4. The van der Waals surface area contributed by atoms with E-state index in [-0.39, 0.29) is 0 Å². The Morgan fingerprint density at radius 1 is 0.528 bits per heavy atom. The monoisotopic (exact) mass is 504 g/mol. The second-order valence-electron chi connectivity index (χ2n) is 9.22.